The quantitative estimate of drug-likeness (QED) is 0.796. The lowest BCUT2D eigenvalue weighted by Gasteiger charge is -2.15. The number of aliphatic hydroxyl groups excluding tert-OH is 1. The van der Waals surface area contributed by atoms with Crippen molar-refractivity contribution in [1.82, 2.24) is 4.98 Å². The summed E-state index contributed by atoms with van der Waals surface area (Å²) in [6, 6.07) is 3.86. The summed E-state index contributed by atoms with van der Waals surface area (Å²) in [6.07, 6.45) is 3.04. The molecule has 0 saturated carbocycles. The molecule has 0 bridgehead atoms. The highest BCUT2D eigenvalue weighted by Crippen LogP contribution is 2.19. The van der Waals surface area contributed by atoms with Crippen molar-refractivity contribution in [1.29, 1.82) is 0 Å². The van der Waals surface area contributed by atoms with Gasteiger partial charge in [0, 0.05) is 26.0 Å². The Kier molecular flexibility index (Phi) is 3.89. The second kappa shape index (κ2) is 4.96. The van der Waals surface area contributed by atoms with Crippen LogP contribution in [0.3, 0.4) is 0 Å². The fraction of sp³-hybridized carbons (Fsp3) is 0.545. The molecule has 0 aliphatic carbocycles. The molecule has 78 valence electrons. The van der Waals surface area contributed by atoms with Gasteiger partial charge in [-0.2, -0.15) is 0 Å². The number of aromatic nitrogens is 1. The van der Waals surface area contributed by atoms with Crippen LogP contribution < -0.4 is 4.90 Å². The van der Waals surface area contributed by atoms with E-state index in [0.29, 0.717) is 0 Å². The van der Waals surface area contributed by atoms with Crippen LogP contribution in [0.4, 0.5) is 5.69 Å². The Morgan fingerprint density at radius 2 is 2.21 bits per heavy atom. The molecular formula is C11H18N2O. The molecule has 3 heteroatoms. The van der Waals surface area contributed by atoms with Crippen molar-refractivity contribution in [3.8, 4) is 0 Å². The molecule has 1 aromatic heterocycles. The molecule has 3 nitrogen and oxygen atoms in total. The van der Waals surface area contributed by atoms with Crippen LogP contribution in [0, 0.1) is 0 Å². The summed E-state index contributed by atoms with van der Waals surface area (Å²) in [7, 11) is 3.95. The van der Waals surface area contributed by atoms with Crippen molar-refractivity contribution in [3.05, 3.63) is 24.0 Å². The Balaban J connectivity index is 2.82. The van der Waals surface area contributed by atoms with Gasteiger partial charge in [0.25, 0.3) is 0 Å². The molecule has 0 amide bonds. The number of pyridine rings is 1. The molecule has 0 saturated heterocycles. The molecular weight excluding hydrogens is 176 g/mol. The maximum Gasteiger partial charge on any atom is 0.0960 e. The lowest BCUT2D eigenvalue weighted by molar-refractivity contribution is 0.162. The molecule has 1 N–H and O–H groups in total. The van der Waals surface area contributed by atoms with Crippen molar-refractivity contribution in [2.24, 2.45) is 0 Å². The number of aliphatic hydroxyl groups is 1. The van der Waals surface area contributed by atoms with E-state index in [-0.39, 0.29) is 0 Å². The van der Waals surface area contributed by atoms with Crippen molar-refractivity contribution in [2.75, 3.05) is 19.0 Å². The summed E-state index contributed by atoms with van der Waals surface area (Å²) in [5, 5.41) is 9.75. The van der Waals surface area contributed by atoms with Gasteiger partial charge in [-0.15, -0.1) is 0 Å². The molecule has 1 rings (SSSR count). The third-order valence-corrected chi connectivity index (χ3v) is 2.18. The molecule has 0 aliphatic heterocycles. The number of hydrogen-bond donors (Lipinski definition) is 1. The van der Waals surface area contributed by atoms with Gasteiger partial charge in [-0.25, -0.2) is 0 Å². The molecule has 0 spiro atoms. The van der Waals surface area contributed by atoms with E-state index in [2.05, 4.69) is 11.9 Å². The highest BCUT2D eigenvalue weighted by atomic mass is 16.3. The number of anilines is 1. The van der Waals surface area contributed by atoms with E-state index in [4.69, 9.17) is 0 Å². The Bertz CT molecular complexity index is 286. The van der Waals surface area contributed by atoms with Crippen molar-refractivity contribution in [3.63, 3.8) is 0 Å². The van der Waals surface area contributed by atoms with E-state index in [9.17, 15) is 5.11 Å². The van der Waals surface area contributed by atoms with Crippen LogP contribution in [0.1, 0.15) is 31.6 Å². The fourth-order valence-electron chi connectivity index (χ4n) is 1.32. The lowest BCUT2D eigenvalue weighted by Crippen LogP contribution is -2.10. The van der Waals surface area contributed by atoms with Gasteiger partial charge in [0.05, 0.1) is 11.8 Å². The molecule has 0 aliphatic rings. The van der Waals surface area contributed by atoms with Crippen molar-refractivity contribution < 1.29 is 5.11 Å². The number of rotatable bonds is 4. The van der Waals surface area contributed by atoms with Crippen molar-refractivity contribution >= 4 is 5.69 Å². The third kappa shape index (κ3) is 2.70. The number of nitrogens with zero attached hydrogens (tertiary/aromatic N) is 2. The predicted molar refractivity (Wildman–Crippen MR) is 58.4 cm³/mol. The Morgan fingerprint density at radius 1 is 1.50 bits per heavy atom. The van der Waals surface area contributed by atoms with Crippen LogP contribution in [0.25, 0.3) is 0 Å². The van der Waals surface area contributed by atoms with Gasteiger partial charge in [-0.1, -0.05) is 13.3 Å². The second-order valence-electron chi connectivity index (χ2n) is 3.64. The molecule has 1 heterocycles. The van der Waals surface area contributed by atoms with Crippen LogP contribution in [-0.2, 0) is 0 Å². The largest absolute Gasteiger partial charge is 0.387 e. The molecule has 0 fully saturated rings. The summed E-state index contributed by atoms with van der Waals surface area (Å²) in [6.45, 7) is 2.05. The van der Waals surface area contributed by atoms with Crippen molar-refractivity contribution in [2.45, 2.75) is 25.9 Å². The van der Waals surface area contributed by atoms with Gasteiger partial charge in [0.1, 0.15) is 0 Å². The van der Waals surface area contributed by atoms with Gasteiger partial charge < -0.3 is 10.0 Å². The van der Waals surface area contributed by atoms with Gasteiger partial charge in [0.15, 0.2) is 0 Å². The Morgan fingerprint density at radius 3 is 2.79 bits per heavy atom. The molecule has 1 aromatic rings. The first-order valence-corrected chi connectivity index (χ1v) is 4.96. The molecule has 1 atom stereocenters. The van der Waals surface area contributed by atoms with E-state index >= 15 is 0 Å². The third-order valence-electron chi connectivity index (χ3n) is 2.18. The van der Waals surface area contributed by atoms with E-state index in [1.807, 2.05) is 31.1 Å². The summed E-state index contributed by atoms with van der Waals surface area (Å²) < 4.78 is 0. The first-order chi connectivity index (χ1) is 6.65. The first-order valence-electron chi connectivity index (χ1n) is 4.96. The average Bonchev–Trinajstić information content (AvgIpc) is 2.18. The summed E-state index contributed by atoms with van der Waals surface area (Å²) in [4.78, 5) is 6.17. The van der Waals surface area contributed by atoms with Crippen LogP contribution in [0.2, 0.25) is 0 Å². The Hall–Kier alpha value is -1.09. The Labute approximate surface area is 85.4 Å². The minimum Gasteiger partial charge on any atom is -0.387 e. The van der Waals surface area contributed by atoms with Crippen LogP contribution in [0.15, 0.2) is 18.3 Å². The van der Waals surface area contributed by atoms with Gasteiger partial charge in [-0.05, 0) is 18.6 Å². The van der Waals surface area contributed by atoms with Crippen LogP contribution in [-0.4, -0.2) is 24.2 Å². The van der Waals surface area contributed by atoms with Gasteiger partial charge >= 0.3 is 0 Å². The fourth-order valence-corrected chi connectivity index (χ4v) is 1.32. The van der Waals surface area contributed by atoms with Gasteiger partial charge in [-0.3, -0.25) is 4.98 Å². The van der Waals surface area contributed by atoms with E-state index < -0.39 is 6.10 Å². The topological polar surface area (TPSA) is 36.4 Å². The number of hydrogen-bond acceptors (Lipinski definition) is 3. The minimum atomic E-state index is -0.431. The summed E-state index contributed by atoms with van der Waals surface area (Å²) in [5.41, 5.74) is 1.84. The summed E-state index contributed by atoms with van der Waals surface area (Å²) in [5.74, 6) is 0. The second-order valence-corrected chi connectivity index (χ2v) is 3.64. The smallest absolute Gasteiger partial charge is 0.0960 e. The maximum absolute atomic E-state index is 9.75. The highest BCUT2D eigenvalue weighted by molar-refractivity contribution is 5.45. The SMILES string of the molecule is CCC[C@H](O)c1cc(N(C)C)ccn1. The van der Waals surface area contributed by atoms with Gasteiger partial charge in [0.2, 0.25) is 0 Å². The standard InChI is InChI=1S/C11H18N2O/c1-4-5-11(14)10-8-9(13(2)3)6-7-12-10/h6-8,11,14H,4-5H2,1-3H3/t11-/m0/s1. The summed E-state index contributed by atoms with van der Waals surface area (Å²) >= 11 is 0. The van der Waals surface area contributed by atoms with Crippen LogP contribution >= 0.6 is 0 Å². The molecule has 0 aromatic carbocycles. The zero-order chi connectivity index (χ0) is 10.6. The van der Waals surface area contributed by atoms with E-state index in [0.717, 1.165) is 24.2 Å². The van der Waals surface area contributed by atoms with E-state index in [1.54, 1.807) is 6.20 Å². The average molecular weight is 194 g/mol. The minimum absolute atomic E-state index is 0.431. The zero-order valence-electron chi connectivity index (χ0n) is 9.07. The zero-order valence-corrected chi connectivity index (χ0v) is 9.07. The molecule has 0 radical (unpaired) electrons. The molecule has 14 heavy (non-hydrogen) atoms. The lowest BCUT2D eigenvalue weighted by atomic mass is 10.1. The first kappa shape index (κ1) is 11.0. The monoisotopic (exact) mass is 194 g/mol. The normalized spacial score (nSPS) is 12.6. The van der Waals surface area contributed by atoms with E-state index in [1.165, 1.54) is 0 Å². The van der Waals surface area contributed by atoms with Crippen LogP contribution in [0.5, 0.6) is 0 Å². The highest BCUT2D eigenvalue weighted by Gasteiger charge is 2.08. The maximum atomic E-state index is 9.75. The predicted octanol–water partition coefficient (Wildman–Crippen LogP) is 1.98. The molecule has 0 unspecified atom stereocenters.